The third-order valence-corrected chi connectivity index (χ3v) is 9.58. The van der Waals surface area contributed by atoms with Crippen molar-refractivity contribution in [2.75, 3.05) is 65.4 Å². The summed E-state index contributed by atoms with van der Waals surface area (Å²) in [7, 11) is 5.80. The average Bonchev–Trinajstić information content (AvgIpc) is 3.02. The zero-order valence-electron chi connectivity index (χ0n) is 36.7. The Morgan fingerprint density at radius 1 is 0.596 bits per heavy atom. The number of ketones is 1. The zero-order chi connectivity index (χ0) is 40.9. The lowest BCUT2D eigenvalue weighted by Crippen LogP contribution is -2.38. The molecule has 2 amide bonds. The lowest BCUT2D eigenvalue weighted by atomic mass is 10.1. The largest absolute Gasteiger partial charge is 0.465 e. The number of amides is 2. The molecule has 9 nitrogen and oxygen atoms in total. The van der Waals surface area contributed by atoms with E-state index in [-0.39, 0.29) is 48.9 Å². The SMILES string of the molecule is C.CC(C)C(=O)N(C)CCN(C)C(C)C.CC(C)NCCN(C)C(=O)C(C)C.CC(C)SCCCC(=O)C(C)C.CC(C)SCCOC(=O)C(C)C. The molecule has 0 fully saturated rings. The summed E-state index contributed by atoms with van der Waals surface area (Å²) >= 11 is 3.74. The van der Waals surface area contributed by atoms with Crippen LogP contribution >= 0.6 is 23.5 Å². The maximum atomic E-state index is 11.5. The van der Waals surface area contributed by atoms with Crippen molar-refractivity contribution in [3.8, 4) is 0 Å². The molecule has 0 heterocycles. The molecule has 0 saturated carbocycles. The van der Waals surface area contributed by atoms with Gasteiger partial charge in [-0.05, 0) is 43.6 Å². The maximum Gasteiger partial charge on any atom is 0.308 e. The van der Waals surface area contributed by atoms with E-state index in [9.17, 15) is 19.2 Å². The number of ether oxygens (including phenoxy) is 1. The number of hydrogen-bond donors (Lipinski definition) is 1. The molecule has 52 heavy (non-hydrogen) atoms. The van der Waals surface area contributed by atoms with Crippen LogP contribution in [-0.2, 0) is 23.9 Å². The minimum absolute atomic E-state index is 0. The molecule has 11 heteroatoms. The van der Waals surface area contributed by atoms with E-state index in [1.165, 1.54) is 0 Å². The Kier molecular flexibility index (Phi) is 42.3. The van der Waals surface area contributed by atoms with Crippen molar-refractivity contribution in [2.24, 2.45) is 23.7 Å². The van der Waals surface area contributed by atoms with Crippen molar-refractivity contribution in [2.45, 2.75) is 154 Å². The predicted octanol–water partition coefficient (Wildman–Crippen LogP) is 8.64. The van der Waals surface area contributed by atoms with Gasteiger partial charge in [0.05, 0.1) is 5.92 Å². The van der Waals surface area contributed by atoms with Crippen molar-refractivity contribution in [3.05, 3.63) is 0 Å². The van der Waals surface area contributed by atoms with E-state index >= 15 is 0 Å². The quantitative estimate of drug-likeness (QED) is 0.0907. The van der Waals surface area contributed by atoms with Gasteiger partial charge in [-0.2, -0.15) is 23.5 Å². The summed E-state index contributed by atoms with van der Waals surface area (Å²) in [6.45, 7) is 36.5. The van der Waals surface area contributed by atoms with Crippen molar-refractivity contribution in [1.82, 2.24) is 20.0 Å². The van der Waals surface area contributed by atoms with Gasteiger partial charge in [0, 0.05) is 82.3 Å². The van der Waals surface area contributed by atoms with Gasteiger partial charge in [-0.15, -0.1) is 0 Å². The van der Waals surface area contributed by atoms with Gasteiger partial charge in [-0.1, -0.05) is 104 Å². The molecular weight excluding hydrogens is 693 g/mol. The van der Waals surface area contributed by atoms with Crippen LogP contribution in [0.25, 0.3) is 0 Å². The Bertz CT molecular complexity index is 849. The summed E-state index contributed by atoms with van der Waals surface area (Å²) in [6, 6.07) is 1.03. The number of esters is 1. The van der Waals surface area contributed by atoms with Crippen molar-refractivity contribution >= 4 is 47.1 Å². The van der Waals surface area contributed by atoms with Crippen LogP contribution in [0.2, 0.25) is 0 Å². The lowest BCUT2D eigenvalue weighted by molar-refractivity contribution is -0.146. The lowest BCUT2D eigenvalue weighted by Gasteiger charge is -2.25. The number of likely N-dealkylation sites (N-methyl/N-ethyl adjacent to an activating group) is 3. The van der Waals surface area contributed by atoms with Crippen LogP contribution in [0.15, 0.2) is 0 Å². The number of hydrogen-bond acceptors (Lipinski definition) is 9. The molecule has 0 aromatic carbocycles. The zero-order valence-corrected chi connectivity index (χ0v) is 38.3. The van der Waals surface area contributed by atoms with Gasteiger partial charge in [0.15, 0.2) is 0 Å². The Labute approximate surface area is 332 Å². The van der Waals surface area contributed by atoms with E-state index < -0.39 is 0 Å². The highest BCUT2D eigenvalue weighted by molar-refractivity contribution is 8.00. The Morgan fingerprint density at radius 3 is 1.40 bits per heavy atom. The van der Waals surface area contributed by atoms with Gasteiger partial charge in [0.1, 0.15) is 12.4 Å². The maximum absolute atomic E-state index is 11.5. The monoisotopic (exact) mass is 781 g/mol. The fourth-order valence-corrected chi connectivity index (χ4v) is 5.07. The van der Waals surface area contributed by atoms with E-state index in [1.54, 1.807) is 4.90 Å². The standard InChI is InChI=1S/C11H24N2O.C10H22N2O.C10H20OS.C9H18O2S.CH4/c1-9(2)11(14)13(6)8-7-12(5)10(3)4;1-8(2)10(13)12(5)7-6-11-9(3)4;1-8(2)10(11)6-5-7-12-9(3)4;1-7(2)9(10)11-5-6-12-8(3)4;/h9-10H,7-8H2,1-6H3;8-9,11H,6-7H2,1-5H3;8-9H,5-7H2,1-4H3;7-8H,5-6H2,1-4H3;1H4. The smallest absolute Gasteiger partial charge is 0.308 e. The third kappa shape index (κ3) is 41.5. The van der Waals surface area contributed by atoms with Crippen LogP contribution in [0.3, 0.4) is 0 Å². The van der Waals surface area contributed by atoms with E-state index in [1.807, 2.05) is 97.9 Å². The first-order chi connectivity index (χ1) is 23.4. The Balaban J connectivity index is -0.000000188. The second-order valence-electron chi connectivity index (χ2n) is 15.4. The summed E-state index contributed by atoms with van der Waals surface area (Å²) in [6.07, 6.45) is 1.80. The summed E-state index contributed by atoms with van der Waals surface area (Å²) in [4.78, 5) is 50.9. The van der Waals surface area contributed by atoms with Crippen LogP contribution < -0.4 is 5.32 Å². The minimum atomic E-state index is -0.0978. The third-order valence-electron chi connectivity index (χ3n) is 7.32. The number of nitrogens with zero attached hydrogens (tertiary/aromatic N) is 3. The van der Waals surface area contributed by atoms with E-state index in [0.29, 0.717) is 35.0 Å². The van der Waals surface area contributed by atoms with Gasteiger partial charge < -0.3 is 24.8 Å². The van der Waals surface area contributed by atoms with Crippen molar-refractivity contribution in [1.29, 1.82) is 0 Å². The molecule has 0 saturated heterocycles. The number of nitrogens with one attached hydrogen (secondary N) is 1. The number of rotatable bonds is 21. The molecule has 0 bridgehead atoms. The van der Waals surface area contributed by atoms with Crippen molar-refractivity contribution < 1.29 is 23.9 Å². The predicted molar refractivity (Wildman–Crippen MR) is 233 cm³/mol. The number of carbonyl (C=O) groups is 4. The van der Waals surface area contributed by atoms with Crippen LogP contribution in [0.5, 0.6) is 0 Å². The minimum Gasteiger partial charge on any atom is -0.465 e. The highest BCUT2D eigenvalue weighted by Crippen LogP contribution is 2.13. The molecule has 0 aliphatic rings. The topological polar surface area (TPSA) is 99.3 Å². The molecule has 0 aromatic rings. The average molecular weight is 781 g/mol. The first-order valence-electron chi connectivity index (χ1n) is 19.2. The van der Waals surface area contributed by atoms with E-state index in [4.69, 9.17) is 4.74 Å². The molecule has 0 rings (SSSR count). The van der Waals surface area contributed by atoms with Gasteiger partial charge >= 0.3 is 5.97 Å². The van der Waals surface area contributed by atoms with Gasteiger partial charge in [0.25, 0.3) is 0 Å². The molecule has 0 aliphatic heterocycles. The molecule has 314 valence electrons. The van der Waals surface area contributed by atoms with Crippen LogP contribution in [-0.4, -0.2) is 126 Å². The first-order valence-corrected chi connectivity index (χ1v) is 21.3. The van der Waals surface area contributed by atoms with Crippen LogP contribution in [0, 0.1) is 23.7 Å². The molecule has 0 aliphatic carbocycles. The summed E-state index contributed by atoms with van der Waals surface area (Å²) in [5.74, 6) is 3.18. The fourth-order valence-electron chi connectivity index (χ4n) is 3.64. The highest BCUT2D eigenvalue weighted by atomic mass is 32.2. The van der Waals surface area contributed by atoms with Gasteiger partial charge in [-0.25, -0.2) is 0 Å². The van der Waals surface area contributed by atoms with E-state index in [0.717, 1.165) is 50.5 Å². The molecule has 1 N–H and O–H groups in total. The molecule has 0 unspecified atom stereocenters. The highest BCUT2D eigenvalue weighted by Gasteiger charge is 2.14. The summed E-state index contributed by atoms with van der Waals surface area (Å²) < 4.78 is 4.99. The molecular formula is C41H88N4O5S2. The van der Waals surface area contributed by atoms with Crippen LogP contribution in [0.1, 0.15) is 131 Å². The van der Waals surface area contributed by atoms with Gasteiger partial charge in [0.2, 0.25) is 11.8 Å². The van der Waals surface area contributed by atoms with Gasteiger partial charge in [-0.3, -0.25) is 19.2 Å². The Hall–Kier alpha value is -1.30. The van der Waals surface area contributed by atoms with Crippen molar-refractivity contribution in [3.63, 3.8) is 0 Å². The number of Topliss-reactive ketones (excluding diaryl/α,β-unsaturated/α-hetero) is 1. The second-order valence-corrected chi connectivity index (χ2v) is 18.8. The fraction of sp³-hybridized carbons (Fsp3) is 0.902. The number of thioether (sulfide) groups is 2. The Morgan fingerprint density at radius 2 is 1.04 bits per heavy atom. The summed E-state index contributed by atoms with van der Waals surface area (Å²) in [5, 5.41) is 4.58. The second kappa shape index (κ2) is 36.7. The van der Waals surface area contributed by atoms with Crippen LogP contribution in [0.4, 0.5) is 0 Å². The summed E-state index contributed by atoms with van der Waals surface area (Å²) in [5.41, 5.74) is 0. The molecule has 0 spiro atoms. The van der Waals surface area contributed by atoms with E-state index in [2.05, 4.69) is 72.7 Å². The number of carbonyl (C=O) groups excluding carboxylic acids is 4. The normalized spacial score (nSPS) is 10.9. The molecule has 0 aromatic heterocycles. The first kappa shape index (κ1) is 60.0. The molecule has 0 radical (unpaired) electrons. The molecule has 0 atom stereocenters.